The summed E-state index contributed by atoms with van der Waals surface area (Å²) < 4.78 is 0. The SMILES string of the molecule is CCC(O)C(O)C(C)(CC)CC. The molecule has 0 fully saturated rings. The van der Waals surface area contributed by atoms with Crippen LogP contribution in [0.4, 0.5) is 0 Å². The monoisotopic (exact) mass is 174 g/mol. The maximum absolute atomic E-state index is 9.79. The topological polar surface area (TPSA) is 40.5 Å². The maximum atomic E-state index is 9.79. The largest absolute Gasteiger partial charge is 0.390 e. The molecule has 0 aromatic carbocycles. The molecular weight excluding hydrogens is 152 g/mol. The Morgan fingerprint density at radius 2 is 1.50 bits per heavy atom. The van der Waals surface area contributed by atoms with Gasteiger partial charge in [-0.05, 0) is 24.7 Å². The number of hydrogen-bond donors (Lipinski definition) is 2. The highest BCUT2D eigenvalue weighted by atomic mass is 16.3. The molecule has 2 unspecified atom stereocenters. The Morgan fingerprint density at radius 3 is 1.75 bits per heavy atom. The summed E-state index contributed by atoms with van der Waals surface area (Å²) in [5, 5.41) is 19.3. The van der Waals surface area contributed by atoms with Crippen LogP contribution in [0.5, 0.6) is 0 Å². The summed E-state index contributed by atoms with van der Waals surface area (Å²) in [6.07, 6.45) is 1.27. The van der Waals surface area contributed by atoms with Gasteiger partial charge in [0.25, 0.3) is 0 Å². The Labute approximate surface area is 75.6 Å². The summed E-state index contributed by atoms with van der Waals surface area (Å²) in [5.74, 6) is 0. The van der Waals surface area contributed by atoms with Crippen LogP contribution < -0.4 is 0 Å². The first-order chi connectivity index (χ1) is 5.51. The Bertz CT molecular complexity index is 119. The Hall–Kier alpha value is -0.0800. The molecule has 0 aliphatic heterocycles. The van der Waals surface area contributed by atoms with Crippen LogP contribution in [0.25, 0.3) is 0 Å². The first kappa shape index (κ1) is 11.9. The number of hydrogen-bond acceptors (Lipinski definition) is 2. The minimum absolute atomic E-state index is 0.130. The van der Waals surface area contributed by atoms with E-state index in [2.05, 4.69) is 13.8 Å². The highest BCUT2D eigenvalue weighted by Gasteiger charge is 2.33. The zero-order valence-corrected chi connectivity index (χ0v) is 8.67. The first-order valence-electron chi connectivity index (χ1n) is 4.88. The third kappa shape index (κ3) is 2.46. The Kier molecular flexibility index (Phi) is 4.80. The van der Waals surface area contributed by atoms with E-state index in [1.54, 1.807) is 0 Å². The van der Waals surface area contributed by atoms with Crippen LogP contribution in [0.3, 0.4) is 0 Å². The molecule has 0 saturated heterocycles. The molecule has 0 aliphatic carbocycles. The molecule has 2 atom stereocenters. The third-order valence-electron chi connectivity index (χ3n) is 3.11. The lowest BCUT2D eigenvalue weighted by Gasteiger charge is -2.35. The molecule has 0 radical (unpaired) electrons. The zero-order chi connectivity index (χ0) is 9.78. The second kappa shape index (κ2) is 4.83. The second-order valence-electron chi connectivity index (χ2n) is 3.78. The molecule has 74 valence electrons. The van der Waals surface area contributed by atoms with Gasteiger partial charge in [0.1, 0.15) is 0 Å². The highest BCUT2D eigenvalue weighted by Crippen LogP contribution is 2.32. The van der Waals surface area contributed by atoms with Gasteiger partial charge >= 0.3 is 0 Å². The van der Waals surface area contributed by atoms with Gasteiger partial charge < -0.3 is 10.2 Å². The van der Waals surface area contributed by atoms with Gasteiger partial charge in [-0.3, -0.25) is 0 Å². The van der Waals surface area contributed by atoms with E-state index in [-0.39, 0.29) is 5.41 Å². The maximum Gasteiger partial charge on any atom is 0.0852 e. The molecule has 0 amide bonds. The lowest BCUT2D eigenvalue weighted by molar-refractivity contribution is -0.0629. The smallest absolute Gasteiger partial charge is 0.0852 e. The molecule has 0 saturated carbocycles. The van der Waals surface area contributed by atoms with Crippen LogP contribution in [0.1, 0.15) is 47.0 Å². The van der Waals surface area contributed by atoms with E-state index in [0.29, 0.717) is 6.42 Å². The molecule has 0 aromatic rings. The molecular formula is C10H22O2. The van der Waals surface area contributed by atoms with E-state index < -0.39 is 12.2 Å². The van der Waals surface area contributed by atoms with Crippen molar-refractivity contribution in [2.45, 2.75) is 59.2 Å². The average molecular weight is 174 g/mol. The Morgan fingerprint density at radius 1 is 1.08 bits per heavy atom. The molecule has 0 aromatic heterocycles. The summed E-state index contributed by atoms with van der Waals surface area (Å²) in [6, 6.07) is 0. The molecule has 2 N–H and O–H groups in total. The van der Waals surface area contributed by atoms with Crippen LogP contribution in [-0.2, 0) is 0 Å². The molecule has 0 heterocycles. The normalized spacial score (nSPS) is 17.5. The third-order valence-corrected chi connectivity index (χ3v) is 3.11. The lowest BCUT2D eigenvalue weighted by Crippen LogP contribution is -2.40. The predicted molar refractivity (Wildman–Crippen MR) is 51.0 cm³/mol. The van der Waals surface area contributed by atoms with Gasteiger partial charge in [0, 0.05) is 0 Å². The summed E-state index contributed by atoms with van der Waals surface area (Å²) in [4.78, 5) is 0. The van der Waals surface area contributed by atoms with E-state index >= 15 is 0 Å². The van der Waals surface area contributed by atoms with Gasteiger partial charge in [-0.1, -0.05) is 27.7 Å². The summed E-state index contributed by atoms with van der Waals surface area (Å²) in [6.45, 7) is 8.01. The van der Waals surface area contributed by atoms with Gasteiger partial charge in [0.05, 0.1) is 12.2 Å². The van der Waals surface area contributed by atoms with Crippen molar-refractivity contribution >= 4 is 0 Å². The molecule has 0 spiro atoms. The fourth-order valence-corrected chi connectivity index (χ4v) is 1.36. The van der Waals surface area contributed by atoms with Gasteiger partial charge in [-0.15, -0.1) is 0 Å². The van der Waals surface area contributed by atoms with Crippen molar-refractivity contribution in [3.8, 4) is 0 Å². The molecule has 0 aliphatic rings. The average Bonchev–Trinajstić information content (AvgIpc) is 2.14. The number of aliphatic hydroxyl groups is 2. The van der Waals surface area contributed by atoms with Crippen molar-refractivity contribution in [2.75, 3.05) is 0 Å². The quantitative estimate of drug-likeness (QED) is 0.668. The summed E-state index contributed by atoms with van der Waals surface area (Å²) in [5.41, 5.74) is -0.130. The van der Waals surface area contributed by atoms with E-state index in [4.69, 9.17) is 0 Å². The second-order valence-corrected chi connectivity index (χ2v) is 3.78. The Balaban J connectivity index is 4.29. The lowest BCUT2D eigenvalue weighted by atomic mass is 9.76. The van der Waals surface area contributed by atoms with Gasteiger partial charge in [-0.25, -0.2) is 0 Å². The van der Waals surface area contributed by atoms with Crippen LogP contribution in [0.2, 0.25) is 0 Å². The van der Waals surface area contributed by atoms with Crippen molar-refractivity contribution < 1.29 is 10.2 Å². The van der Waals surface area contributed by atoms with E-state index in [0.717, 1.165) is 12.8 Å². The van der Waals surface area contributed by atoms with Crippen LogP contribution in [0.15, 0.2) is 0 Å². The fourth-order valence-electron chi connectivity index (χ4n) is 1.36. The van der Waals surface area contributed by atoms with E-state index in [1.807, 2.05) is 13.8 Å². The zero-order valence-electron chi connectivity index (χ0n) is 8.67. The van der Waals surface area contributed by atoms with Crippen molar-refractivity contribution in [3.05, 3.63) is 0 Å². The van der Waals surface area contributed by atoms with Crippen molar-refractivity contribution in [1.82, 2.24) is 0 Å². The molecule has 2 nitrogen and oxygen atoms in total. The highest BCUT2D eigenvalue weighted by molar-refractivity contribution is 4.84. The van der Waals surface area contributed by atoms with Gasteiger partial charge in [0.2, 0.25) is 0 Å². The van der Waals surface area contributed by atoms with Crippen molar-refractivity contribution in [1.29, 1.82) is 0 Å². The molecule has 12 heavy (non-hydrogen) atoms. The minimum Gasteiger partial charge on any atom is -0.390 e. The number of aliphatic hydroxyl groups excluding tert-OH is 2. The summed E-state index contributed by atoms with van der Waals surface area (Å²) in [7, 11) is 0. The summed E-state index contributed by atoms with van der Waals surface area (Å²) >= 11 is 0. The van der Waals surface area contributed by atoms with E-state index in [9.17, 15) is 10.2 Å². The molecule has 0 rings (SSSR count). The van der Waals surface area contributed by atoms with Crippen LogP contribution in [0, 0.1) is 5.41 Å². The molecule has 0 bridgehead atoms. The predicted octanol–water partition coefficient (Wildman–Crippen LogP) is 1.94. The van der Waals surface area contributed by atoms with Crippen molar-refractivity contribution in [3.63, 3.8) is 0 Å². The van der Waals surface area contributed by atoms with Crippen molar-refractivity contribution in [2.24, 2.45) is 5.41 Å². The van der Waals surface area contributed by atoms with Crippen LogP contribution >= 0.6 is 0 Å². The molecule has 2 heteroatoms. The minimum atomic E-state index is -0.586. The standard InChI is InChI=1S/C10H22O2/c1-5-8(11)9(12)10(4,6-2)7-3/h8-9,11-12H,5-7H2,1-4H3. The first-order valence-corrected chi connectivity index (χ1v) is 4.88. The van der Waals surface area contributed by atoms with Gasteiger partial charge in [0.15, 0.2) is 0 Å². The fraction of sp³-hybridized carbons (Fsp3) is 1.00. The number of rotatable bonds is 5. The van der Waals surface area contributed by atoms with Gasteiger partial charge in [-0.2, -0.15) is 0 Å². The van der Waals surface area contributed by atoms with Crippen LogP contribution in [-0.4, -0.2) is 22.4 Å². The van der Waals surface area contributed by atoms with E-state index in [1.165, 1.54) is 0 Å².